The van der Waals surface area contributed by atoms with Crippen molar-refractivity contribution in [1.82, 2.24) is 10.2 Å². The van der Waals surface area contributed by atoms with Crippen LogP contribution in [0.1, 0.15) is 12.8 Å². The Hall–Kier alpha value is -1.32. The number of carbonyl (C=O) groups excluding carboxylic acids is 1. The van der Waals surface area contributed by atoms with E-state index < -0.39 is 18.7 Å². The van der Waals surface area contributed by atoms with E-state index >= 15 is 0 Å². The van der Waals surface area contributed by atoms with E-state index in [4.69, 9.17) is 14.9 Å². The highest BCUT2D eigenvalue weighted by Gasteiger charge is 2.36. The molecule has 2 rings (SSSR count). The minimum Gasteiger partial charge on any atom is -0.595 e. The second-order valence-electron chi connectivity index (χ2n) is 4.84. The molecule has 1 heterocycles. The van der Waals surface area contributed by atoms with Gasteiger partial charge in [0.25, 0.3) is 5.91 Å². The van der Waals surface area contributed by atoms with Crippen LogP contribution in [0.5, 0.6) is 0 Å². The van der Waals surface area contributed by atoms with Gasteiger partial charge in [-0.1, -0.05) is 0 Å². The minimum absolute atomic E-state index is 0.0739. The number of benzene rings is 1. The monoisotopic (exact) mass is 331 g/mol. The van der Waals surface area contributed by atoms with Gasteiger partial charge in [-0.25, -0.2) is 15.4 Å². The van der Waals surface area contributed by atoms with Crippen LogP contribution in [-0.4, -0.2) is 40.7 Å². The topological polar surface area (TPSA) is 127 Å². The first kappa shape index (κ1) is 17.0. The van der Waals surface area contributed by atoms with Crippen molar-refractivity contribution >= 4 is 24.4 Å². The molecule has 0 radical (unpaired) electrons. The van der Waals surface area contributed by atoms with Crippen LogP contribution in [0.2, 0.25) is 0 Å². The Morgan fingerprint density at radius 1 is 1.41 bits per heavy atom. The van der Waals surface area contributed by atoms with Crippen LogP contribution in [0.3, 0.4) is 0 Å². The number of hydrogen-bond donors (Lipinski definition) is 4. The van der Waals surface area contributed by atoms with Crippen LogP contribution in [0.25, 0.3) is 0 Å². The summed E-state index contributed by atoms with van der Waals surface area (Å²) in [6.45, 7) is 0.398. The summed E-state index contributed by atoms with van der Waals surface area (Å²) in [5.74, 6) is -0.687. The zero-order valence-corrected chi connectivity index (χ0v) is 12.7. The molecule has 1 fully saturated rings. The van der Waals surface area contributed by atoms with Gasteiger partial charge in [-0.2, -0.15) is 5.23 Å². The molecule has 1 aromatic carbocycles. The van der Waals surface area contributed by atoms with E-state index in [9.17, 15) is 14.6 Å². The molecule has 10 heteroatoms. The van der Waals surface area contributed by atoms with Crippen molar-refractivity contribution in [3.8, 4) is 0 Å². The quantitative estimate of drug-likeness (QED) is 0.334. The zero-order valence-electron chi connectivity index (χ0n) is 11.8. The predicted molar refractivity (Wildman–Crippen MR) is 76.1 cm³/mol. The summed E-state index contributed by atoms with van der Waals surface area (Å²) < 4.78 is 20.1. The molecule has 1 aliphatic rings. The fraction of sp³-hybridized carbons (Fsp3) is 0.417. The van der Waals surface area contributed by atoms with Gasteiger partial charge in [0.15, 0.2) is 5.69 Å². The van der Waals surface area contributed by atoms with Crippen LogP contribution in [0, 0.1) is 5.21 Å². The molecule has 2 atom stereocenters. The summed E-state index contributed by atoms with van der Waals surface area (Å²) >= 11 is 0. The van der Waals surface area contributed by atoms with Gasteiger partial charge in [-0.05, 0) is 25.0 Å². The van der Waals surface area contributed by atoms with E-state index in [0.717, 1.165) is 0 Å². The summed E-state index contributed by atoms with van der Waals surface area (Å²) in [6.07, 6.45) is 1.41. The van der Waals surface area contributed by atoms with Gasteiger partial charge in [0.1, 0.15) is 0 Å². The van der Waals surface area contributed by atoms with E-state index in [1.54, 1.807) is 0 Å². The lowest BCUT2D eigenvalue weighted by molar-refractivity contribution is -0.991. The molecular formula is C12H18N3O6P. The lowest BCUT2D eigenvalue weighted by Gasteiger charge is -2.28. The Morgan fingerprint density at radius 3 is 2.68 bits per heavy atom. The molecule has 1 aromatic rings. The Balaban J connectivity index is 2.32. The third-order valence-electron chi connectivity index (χ3n) is 3.34. The van der Waals surface area contributed by atoms with Gasteiger partial charge < -0.3 is 9.73 Å². The second-order valence-corrected chi connectivity index (χ2v) is 7.22. The third kappa shape index (κ3) is 3.71. The number of carbonyl (C=O) groups is 1. The summed E-state index contributed by atoms with van der Waals surface area (Å²) in [4.78, 5) is 11.4. The van der Waals surface area contributed by atoms with Crippen molar-refractivity contribution in [2.75, 3.05) is 19.7 Å². The van der Waals surface area contributed by atoms with Crippen LogP contribution in [0.15, 0.2) is 24.3 Å². The molecule has 1 amide bonds. The maximum Gasteiger partial charge on any atom is 0.302 e. The highest BCUT2D eigenvalue weighted by Crippen LogP contribution is 2.51. The summed E-state index contributed by atoms with van der Waals surface area (Å²) in [6, 6.07) is 5.55. The van der Waals surface area contributed by atoms with Gasteiger partial charge >= 0.3 is 7.52 Å². The zero-order chi connectivity index (χ0) is 16.2. The number of rotatable bonds is 4. The van der Waals surface area contributed by atoms with Crippen molar-refractivity contribution in [3.63, 3.8) is 0 Å². The smallest absolute Gasteiger partial charge is 0.302 e. The van der Waals surface area contributed by atoms with Gasteiger partial charge in [0.05, 0.1) is 18.5 Å². The maximum absolute atomic E-state index is 13.2. The van der Waals surface area contributed by atoms with Crippen molar-refractivity contribution in [2.24, 2.45) is 0 Å². The molecule has 0 aliphatic carbocycles. The van der Waals surface area contributed by atoms with Gasteiger partial charge in [-0.3, -0.25) is 14.6 Å². The van der Waals surface area contributed by atoms with Gasteiger partial charge in [-0.15, -0.1) is 0 Å². The number of hydrogen-bond acceptors (Lipinski definition) is 6. The minimum atomic E-state index is -3.47. The molecule has 1 saturated heterocycles. The average Bonchev–Trinajstić information content (AvgIpc) is 2.70. The van der Waals surface area contributed by atoms with E-state index in [1.165, 1.54) is 34.4 Å². The molecule has 1 aliphatic heterocycles. The molecule has 0 saturated carbocycles. The van der Waals surface area contributed by atoms with E-state index in [0.29, 0.717) is 24.7 Å². The van der Waals surface area contributed by atoms with Crippen molar-refractivity contribution in [2.45, 2.75) is 12.8 Å². The Morgan fingerprint density at radius 2 is 2.09 bits per heavy atom. The van der Waals surface area contributed by atoms with Crippen molar-refractivity contribution in [3.05, 3.63) is 29.5 Å². The largest absolute Gasteiger partial charge is 0.595 e. The van der Waals surface area contributed by atoms with Gasteiger partial charge in [0, 0.05) is 18.7 Å². The molecule has 122 valence electrons. The highest BCUT2D eigenvalue weighted by molar-refractivity contribution is 7.64. The fourth-order valence-corrected chi connectivity index (χ4v) is 4.46. The van der Waals surface area contributed by atoms with Crippen LogP contribution in [-0.2, 0) is 13.9 Å². The molecule has 9 nitrogen and oxygen atoms in total. The Labute approximate surface area is 127 Å². The first-order valence-corrected chi connectivity index (χ1v) is 8.32. The lowest BCUT2D eigenvalue weighted by atomic mass is 10.3. The van der Waals surface area contributed by atoms with Crippen molar-refractivity contribution < 1.29 is 29.5 Å². The fourth-order valence-electron chi connectivity index (χ4n) is 2.20. The maximum atomic E-state index is 13.2. The SMILES string of the molecule is O=C(CN1CCCCOP1(=O)c1ccc([NH+]([O-])O)cc1)NO. The molecule has 0 bridgehead atoms. The molecule has 2 unspecified atom stereocenters. The molecule has 0 aromatic heterocycles. The molecule has 4 N–H and O–H groups in total. The molecule has 0 spiro atoms. The normalized spacial score (nSPS) is 24.5. The lowest BCUT2D eigenvalue weighted by Crippen LogP contribution is -2.99. The summed E-state index contributed by atoms with van der Waals surface area (Å²) in [5.41, 5.74) is 1.58. The molecular weight excluding hydrogens is 313 g/mol. The number of nitrogens with one attached hydrogen (secondary N) is 2. The predicted octanol–water partition coefficient (Wildman–Crippen LogP) is -0.474. The van der Waals surface area contributed by atoms with Crippen LogP contribution in [0.4, 0.5) is 5.69 Å². The number of quaternary nitrogens is 1. The second kappa shape index (κ2) is 7.30. The standard InChI is InChI=1S/C12H18N3O6P/c16-12(13-17)9-14-7-1-2-8-21-22(14,20)11-5-3-10(4-6-11)15(18)19/h3-6,15,17-18H,1-2,7-9H2,(H,13,16). The van der Waals surface area contributed by atoms with E-state index in [2.05, 4.69) is 0 Å². The third-order valence-corrected chi connectivity index (χ3v) is 5.91. The summed E-state index contributed by atoms with van der Waals surface area (Å²) in [5, 5.41) is 27.7. The average molecular weight is 331 g/mol. The van der Waals surface area contributed by atoms with Crippen LogP contribution < -0.4 is 16.0 Å². The highest BCUT2D eigenvalue weighted by atomic mass is 31.2. The molecule has 22 heavy (non-hydrogen) atoms. The Kier molecular flexibility index (Phi) is 5.65. The van der Waals surface area contributed by atoms with E-state index in [1.807, 2.05) is 0 Å². The van der Waals surface area contributed by atoms with Crippen LogP contribution >= 0.6 is 7.52 Å². The Bertz CT molecular complexity index is 564. The number of amides is 1. The van der Waals surface area contributed by atoms with Crippen molar-refractivity contribution in [1.29, 1.82) is 0 Å². The first-order chi connectivity index (χ1) is 10.5. The van der Waals surface area contributed by atoms with Gasteiger partial charge in [0.2, 0.25) is 0 Å². The van der Waals surface area contributed by atoms with E-state index in [-0.39, 0.29) is 18.8 Å². The summed E-state index contributed by atoms with van der Waals surface area (Å²) in [7, 11) is -3.47. The first-order valence-electron chi connectivity index (χ1n) is 6.74. The number of hydroxylamine groups is 1. The number of nitrogens with zero attached hydrogens (tertiary/aromatic N) is 1.